The Morgan fingerprint density at radius 3 is 2.29 bits per heavy atom. The SMILES string of the molecule is CS(=O)(=O)c1ccc(NC(=O)c2c(O)cccc2F)cc1. The lowest BCUT2D eigenvalue weighted by molar-refractivity contribution is 0.102. The van der Waals surface area contributed by atoms with Crippen LogP contribution in [0.2, 0.25) is 0 Å². The van der Waals surface area contributed by atoms with E-state index < -0.39 is 32.9 Å². The Kier molecular flexibility index (Phi) is 3.95. The number of carbonyl (C=O) groups is 1. The average molecular weight is 309 g/mol. The molecule has 0 aliphatic rings. The fourth-order valence-electron chi connectivity index (χ4n) is 1.72. The first-order chi connectivity index (χ1) is 9.79. The second-order valence-electron chi connectivity index (χ2n) is 4.38. The molecule has 2 N–H and O–H groups in total. The van der Waals surface area contributed by atoms with Crippen molar-refractivity contribution in [1.82, 2.24) is 0 Å². The van der Waals surface area contributed by atoms with E-state index in [1.54, 1.807) is 0 Å². The number of anilines is 1. The Hall–Kier alpha value is -2.41. The van der Waals surface area contributed by atoms with Gasteiger partial charge in [0.05, 0.1) is 4.90 Å². The summed E-state index contributed by atoms with van der Waals surface area (Å²) in [6.45, 7) is 0. The number of hydrogen-bond acceptors (Lipinski definition) is 4. The van der Waals surface area contributed by atoms with Gasteiger partial charge in [-0.1, -0.05) is 6.07 Å². The van der Waals surface area contributed by atoms with Gasteiger partial charge in [0, 0.05) is 11.9 Å². The predicted molar refractivity (Wildman–Crippen MR) is 75.6 cm³/mol. The van der Waals surface area contributed by atoms with Crippen molar-refractivity contribution in [1.29, 1.82) is 0 Å². The first kappa shape index (κ1) is 15.0. The summed E-state index contributed by atoms with van der Waals surface area (Å²) < 4.78 is 36.1. The van der Waals surface area contributed by atoms with Gasteiger partial charge in [-0.15, -0.1) is 0 Å². The van der Waals surface area contributed by atoms with Gasteiger partial charge >= 0.3 is 0 Å². The molecular weight excluding hydrogens is 297 g/mol. The first-order valence-electron chi connectivity index (χ1n) is 5.88. The molecule has 0 fully saturated rings. The monoisotopic (exact) mass is 309 g/mol. The second-order valence-corrected chi connectivity index (χ2v) is 6.40. The number of sulfone groups is 1. The van der Waals surface area contributed by atoms with Gasteiger partial charge < -0.3 is 10.4 Å². The van der Waals surface area contributed by atoms with Crippen LogP contribution in [0.4, 0.5) is 10.1 Å². The lowest BCUT2D eigenvalue weighted by atomic mass is 10.1. The molecule has 0 spiro atoms. The number of carbonyl (C=O) groups excluding carboxylic acids is 1. The predicted octanol–water partition coefficient (Wildman–Crippen LogP) is 2.19. The summed E-state index contributed by atoms with van der Waals surface area (Å²) in [5.41, 5.74) is -0.181. The number of phenols is 1. The molecule has 0 aliphatic heterocycles. The van der Waals surface area contributed by atoms with Crippen molar-refractivity contribution in [3.63, 3.8) is 0 Å². The summed E-state index contributed by atoms with van der Waals surface area (Å²) in [7, 11) is -3.33. The van der Waals surface area contributed by atoms with Gasteiger partial charge in [-0.05, 0) is 36.4 Å². The molecule has 0 atom stereocenters. The molecule has 1 amide bonds. The number of nitrogens with one attached hydrogen (secondary N) is 1. The zero-order valence-corrected chi connectivity index (χ0v) is 11.8. The maximum absolute atomic E-state index is 13.5. The van der Waals surface area contributed by atoms with Crippen LogP contribution in [-0.4, -0.2) is 25.7 Å². The van der Waals surface area contributed by atoms with Crippen molar-refractivity contribution in [2.75, 3.05) is 11.6 Å². The number of amides is 1. The summed E-state index contributed by atoms with van der Waals surface area (Å²) in [5, 5.41) is 11.9. The van der Waals surface area contributed by atoms with Crippen LogP contribution in [0.5, 0.6) is 5.75 Å². The van der Waals surface area contributed by atoms with Crippen molar-refractivity contribution in [3.05, 3.63) is 53.8 Å². The lowest BCUT2D eigenvalue weighted by Crippen LogP contribution is -2.14. The molecule has 0 saturated heterocycles. The van der Waals surface area contributed by atoms with Crippen molar-refractivity contribution in [2.45, 2.75) is 4.90 Å². The molecule has 2 rings (SSSR count). The highest BCUT2D eigenvalue weighted by atomic mass is 32.2. The van der Waals surface area contributed by atoms with Crippen LogP contribution in [0.3, 0.4) is 0 Å². The van der Waals surface area contributed by atoms with Crippen LogP contribution in [0, 0.1) is 5.82 Å². The molecule has 0 radical (unpaired) electrons. The number of phenolic OH excluding ortho intramolecular Hbond substituents is 1. The molecule has 21 heavy (non-hydrogen) atoms. The Balaban J connectivity index is 2.24. The third kappa shape index (κ3) is 3.38. The molecule has 0 saturated carbocycles. The van der Waals surface area contributed by atoms with E-state index in [2.05, 4.69) is 5.32 Å². The van der Waals surface area contributed by atoms with Crippen LogP contribution in [0.25, 0.3) is 0 Å². The number of hydrogen-bond donors (Lipinski definition) is 2. The van der Waals surface area contributed by atoms with E-state index >= 15 is 0 Å². The normalized spacial score (nSPS) is 11.1. The fourth-order valence-corrected chi connectivity index (χ4v) is 2.35. The van der Waals surface area contributed by atoms with Crippen molar-refractivity contribution in [3.8, 4) is 5.75 Å². The van der Waals surface area contributed by atoms with Gasteiger partial charge in [-0.2, -0.15) is 0 Å². The quantitative estimate of drug-likeness (QED) is 0.910. The third-order valence-electron chi connectivity index (χ3n) is 2.76. The summed E-state index contributed by atoms with van der Waals surface area (Å²) in [6.07, 6.45) is 1.07. The molecule has 0 heterocycles. The lowest BCUT2D eigenvalue weighted by Gasteiger charge is -2.08. The number of aromatic hydroxyl groups is 1. The van der Waals surface area contributed by atoms with E-state index in [0.29, 0.717) is 0 Å². The Morgan fingerprint density at radius 1 is 1.14 bits per heavy atom. The summed E-state index contributed by atoms with van der Waals surface area (Å²) in [5.74, 6) is -2.14. The average Bonchev–Trinajstić information content (AvgIpc) is 2.38. The van der Waals surface area contributed by atoms with E-state index in [1.807, 2.05) is 0 Å². The van der Waals surface area contributed by atoms with Gasteiger partial charge in [0.25, 0.3) is 5.91 Å². The zero-order chi connectivity index (χ0) is 15.6. The largest absolute Gasteiger partial charge is 0.507 e. The smallest absolute Gasteiger partial charge is 0.262 e. The molecule has 110 valence electrons. The number of halogens is 1. The van der Waals surface area contributed by atoms with E-state index in [1.165, 1.54) is 36.4 Å². The Labute approximate surface area is 121 Å². The molecular formula is C14H12FNO4S. The second kappa shape index (κ2) is 5.53. The van der Waals surface area contributed by atoms with Crippen LogP contribution < -0.4 is 5.32 Å². The topological polar surface area (TPSA) is 83.5 Å². The Bertz CT molecular complexity index is 765. The summed E-state index contributed by atoms with van der Waals surface area (Å²) in [6, 6.07) is 8.95. The highest BCUT2D eigenvalue weighted by Gasteiger charge is 2.16. The van der Waals surface area contributed by atoms with E-state index in [4.69, 9.17) is 0 Å². The minimum atomic E-state index is -3.33. The molecule has 2 aromatic carbocycles. The minimum absolute atomic E-state index is 0.106. The zero-order valence-electron chi connectivity index (χ0n) is 11.0. The van der Waals surface area contributed by atoms with Crippen molar-refractivity contribution < 1.29 is 22.7 Å². The number of benzene rings is 2. The number of rotatable bonds is 3. The van der Waals surface area contributed by atoms with Crippen LogP contribution in [0.1, 0.15) is 10.4 Å². The minimum Gasteiger partial charge on any atom is -0.507 e. The standard InChI is InChI=1S/C14H12FNO4S/c1-21(19,20)10-7-5-9(6-8-10)16-14(18)13-11(15)3-2-4-12(13)17/h2-8,17H,1H3,(H,16,18). The fraction of sp³-hybridized carbons (Fsp3) is 0.0714. The van der Waals surface area contributed by atoms with Crippen LogP contribution in [-0.2, 0) is 9.84 Å². The Morgan fingerprint density at radius 2 is 1.76 bits per heavy atom. The first-order valence-corrected chi connectivity index (χ1v) is 7.77. The highest BCUT2D eigenvalue weighted by Crippen LogP contribution is 2.22. The van der Waals surface area contributed by atoms with Crippen molar-refractivity contribution in [2.24, 2.45) is 0 Å². The molecule has 7 heteroatoms. The molecule has 0 unspecified atom stereocenters. The molecule has 0 aliphatic carbocycles. The third-order valence-corrected chi connectivity index (χ3v) is 3.89. The maximum atomic E-state index is 13.5. The molecule has 2 aromatic rings. The van der Waals surface area contributed by atoms with Gasteiger partial charge in [0.15, 0.2) is 9.84 Å². The van der Waals surface area contributed by atoms with Gasteiger partial charge in [-0.25, -0.2) is 12.8 Å². The summed E-state index contributed by atoms with van der Waals surface area (Å²) in [4.78, 5) is 12.0. The highest BCUT2D eigenvalue weighted by molar-refractivity contribution is 7.90. The van der Waals surface area contributed by atoms with E-state index in [0.717, 1.165) is 12.3 Å². The van der Waals surface area contributed by atoms with E-state index in [9.17, 15) is 22.7 Å². The van der Waals surface area contributed by atoms with Gasteiger partial charge in [-0.3, -0.25) is 4.79 Å². The molecule has 0 bridgehead atoms. The van der Waals surface area contributed by atoms with Crippen LogP contribution in [0.15, 0.2) is 47.4 Å². The van der Waals surface area contributed by atoms with E-state index in [-0.39, 0.29) is 10.6 Å². The van der Waals surface area contributed by atoms with Gasteiger partial charge in [0.1, 0.15) is 17.1 Å². The molecule has 5 nitrogen and oxygen atoms in total. The summed E-state index contributed by atoms with van der Waals surface area (Å²) >= 11 is 0. The maximum Gasteiger partial charge on any atom is 0.262 e. The molecule has 0 aromatic heterocycles. The van der Waals surface area contributed by atoms with Crippen LogP contribution >= 0.6 is 0 Å². The van der Waals surface area contributed by atoms with Crippen molar-refractivity contribution >= 4 is 21.4 Å². The van der Waals surface area contributed by atoms with Gasteiger partial charge in [0.2, 0.25) is 0 Å².